The zero-order valence-corrected chi connectivity index (χ0v) is 16.0. The van der Waals surface area contributed by atoms with Gasteiger partial charge in [0.15, 0.2) is 0 Å². The molecule has 0 radical (unpaired) electrons. The van der Waals surface area contributed by atoms with Crippen LogP contribution in [-0.2, 0) is 9.53 Å². The molecule has 144 valence electrons. The van der Waals surface area contributed by atoms with Crippen LogP contribution in [0.5, 0.6) is 0 Å². The molecule has 0 spiro atoms. The Bertz CT molecular complexity index is 381. The second-order valence-corrected chi connectivity index (χ2v) is 8.56. The Morgan fingerprint density at radius 3 is 2.44 bits per heavy atom. The molecule has 1 amide bonds. The lowest BCUT2D eigenvalue weighted by Gasteiger charge is -2.32. The van der Waals surface area contributed by atoms with Gasteiger partial charge in [-0.3, -0.25) is 4.79 Å². The Hall–Kier alpha value is -0.610. The van der Waals surface area contributed by atoms with Crippen molar-refractivity contribution in [2.45, 2.75) is 83.2 Å². The van der Waals surface area contributed by atoms with E-state index < -0.39 is 0 Å². The molecule has 2 heterocycles. The monoisotopic (exact) mass is 350 g/mol. The van der Waals surface area contributed by atoms with Crippen LogP contribution in [0.25, 0.3) is 0 Å². The summed E-state index contributed by atoms with van der Waals surface area (Å²) in [5, 5.41) is 3.05. The standard InChI is InChI=1S/C21H38N2O2/c24-21(22-17-20-8-4-16-25-20)10-9-19-11-14-23(15-12-19)13-3-7-18-5-1-2-6-18/h18-20H,1-17H2,(H,22,24)/t20-/m1/s1. The third-order valence-corrected chi connectivity index (χ3v) is 6.60. The summed E-state index contributed by atoms with van der Waals surface area (Å²) in [7, 11) is 0. The van der Waals surface area contributed by atoms with Crippen molar-refractivity contribution >= 4 is 5.91 Å². The lowest BCUT2D eigenvalue weighted by Crippen LogP contribution is -2.35. The molecule has 1 saturated carbocycles. The lowest BCUT2D eigenvalue weighted by molar-refractivity contribution is -0.122. The normalized spacial score (nSPS) is 26.3. The highest BCUT2D eigenvalue weighted by Crippen LogP contribution is 2.29. The highest BCUT2D eigenvalue weighted by molar-refractivity contribution is 5.75. The number of piperidine rings is 1. The number of carbonyl (C=O) groups excluding carboxylic acids is 1. The molecule has 4 nitrogen and oxygen atoms in total. The van der Waals surface area contributed by atoms with Crippen molar-refractivity contribution in [3.8, 4) is 0 Å². The first-order valence-corrected chi connectivity index (χ1v) is 10.9. The number of nitrogens with zero attached hydrogens (tertiary/aromatic N) is 1. The predicted octanol–water partition coefficient (Wildman–Crippen LogP) is 3.74. The maximum Gasteiger partial charge on any atom is 0.220 e. The van der Waals surface area contributed by atoms with Gasteiger partial charge in [0.25, 0.3) is 0 Å². The number of likely N-dealkylation sites (tertiary alicyclic amines) is 1. The van der Waals surface area contributed by atoms with Gasteiger partial charge >= 0.3 is 0 Å². The maximum absolute atomic E-state index is 12.0. The van der Waals surface area contributed by atoms with Gasteiger partial charge in [0.1, 0.15) is 0 Å². The number of amides is 1. The van der Waals surface area contributed by atoms with Gasteiger partial charge in [-0.05, 0) is 76.4 Å². The number of hydrogen-bond acceptors (Lipinski definition) is 3. The summed E-state index contributed by atoms with van der Waals surface area (Å²) >= 11 is 0. The maximum atomic E-state index is 12.0. The number of rotatable bonds is 9. The minimum atomic E-state index is 0.217. The van der Waals surface area contributed by atoms with Gasteiger partial charge in [0, 0.05) is 19.6 Å². The van der Waals surface area contributed by atoms with Crippen LogP contribution in [0.15, 0.2) is 0 Å². The van der Waals surface area contributed by atoms with Crippen molar-refractivity contribution in [1.82, 2.24) is 10.2 Å². The van der Waals surface area contributed by atoms with E-state index in [4.69, 9.17) is 4.74 Å². The molecule has 25 heavy (non-hydrogen) atoms. The van der Waals surface area contributed by atoms with Crippen LogP contribution >= 0.6 is 0 Å². The molecule has 0 aromatic carbocycles. The topological polar surface area (TPSA) is 41.6 Å². The van der Waals surface area contributed by atoms with E-state index in [1.54, 1.807) is 0 Å². The Morgan fingerprint density at radius 2 is 1.72 bits per heavy atom. The Balaban J connectivity index is 1.19. The van der Waals surface area contributed by atoms with Gasteiger partial charge < -0.3 is 15.0 Å². The number of ether oxygens (including phenoxy) is 1. The molecule has 3 fully saturated rings. The minimum Gasteiger partial charge on any atom is -0.376 e. The van der Waals surface area contributed by atoms with Gasteiger partial charge in [-0.2, -0.15) is 0 Å². The van der Waals surface area contributed by atoms with Crippen molar-refractivity contribution in [2.24, 2.45) is 11.8 Å². The molecule has 1 atom stereocenters. The zero-order chi connectivity index (χ0) is 17.3. The van der Waals surface area contributed by atoms with Crippen molar-refractivity contribution in [3.63, 3.8) is 0 Å². The van der Waals surface area contributed by atoms with E-state index in [1.165, 1.54) is 71.0 Å². The van der Waals surface area contributed by atoms with E-state index in [9.17, 15) is 4.79 Å². The van der Waals surface area contributed by atoms with Gasteiger partial charge in [-0.25, -0.2) is 0 Å². The van der Waals surface area contributed by atoms with Crippen LogP contribution in [0.1, 0.15) is 77.0 Å². The number of nitrogens with one attached hydrogen (secondary N) is 1. The first-order valence-electron chi connectivity index (χ1n) is 10.9. The van der Waals surface area contributed by atoms with E-state index >= 15 is 0 Å². The zero-order valence-electron chi connectivity index (χ0n) is 16.0. The molecule has 0 bridgehead atoms. The minimum absolute atomic E-state index is 0.217. The SMILES string of the molecule is O=C(CCC1CCN(CCCC2CCCC2)CC1)NC[C@H]1CCCO1. The summed E-state index contributed by atoms with van der Waals surface area (Å²) < 4.78 is 5.55. The molecule has 2 aliphatic heterocycles. The molecule has 2 saturated heterocycles. The highest BCUT2D eigenvalue weighted by Gasteiger charge is 2.21. The van der Waals surface area contributed by atoms with Gasteiger partial charge in [-0.15, -0.1) is 0 Å². The van der Waals surface area contributed by atoms with Gasteiger partial charge in [0.2, 0.25) is 5.91 Å². The summed E-state index contributed by atoms with van der Waals surface area (Å²) in [6.07, 6.45) is 15.6. The molecular formula is C21H38N2O2. The molecule has 1 N–H and O–H groups in total. The van der Waals surface area contributed by atoms with Gasteiger partial charge in [-0.1, -0.05) is 25.7 Å². The average molecular weight is 351 g/mol. The molecule has 4 heteroatoms. The van der Waals surface area contributed by atoms with E-state index in [0.717, 1.165) is 37.7 Å². The van der Waals surface area contributed by atoms with Gasteiger partial charge in [0.05, 0.1) is 6.10 Å². The summed E-state index contributed by atoms with van der Waals surface area (Å²) in [5.74, 6) is 2.00. The molecule has 3 aliphatic rings. The summed E-state index contributed by atoms with van der Waals surface area (Å²) in [4.78, 5) is 14.7. The average Bonchev–Trinajstić information content (AvgIpc) is 3.33. The Morgan fingerprint density at radius 1 is 0.960 bits per heavy atom. The fourth-order valence-electron chi connectivity index (χ4n) is 4.86. The molecule has 0 unspecified atom stereocenters. The van der Waals surface area contributed by atoms with Crippen LogP contribution in [0.4, 0.5) is 0 Å². The lowest BCUT2D eigenvalue weighted by atomic mass is 9.91. The summed E-state index contributed by atoms with van der Waals surface area (Å²) in [5.41, 5.74) is 0. The van der Waals surface area contributed by atoms with Crippen molar-refractivity contribution in [3.05, 3.63) is 0 Å². The second-order valence-electron chi connectivity index (χ2n) is 8.56. The Kier molecular flexibility index (Phi) is 8.06. The smallest absolute Gasteiger partial charge is 0.220 e. The fourth-order valence-corrected chi connectivity index (χ4v) is 4.86. The van der Waals surface area contributed by atoms with Crippen molar-refractivity contribution < 1.29 is 9.53 Å². The van der Waals surface area contributed by atoms with E-state index in [1.807, 2.05) is 0 Å². The van der Waals surface area contributed by atoms with Crippen LogP contribution in [0.2, 0.25) is 0 Å². The first-order chi connectivity index (χ1) is 12.3. The van der Waals surface area contributed by atoms with Crippen LogP contribution in [0.3, 0.4) is 0 Å². The van der Waals surface area contributed by atoms with E-state index in [-0.39, 0.29) is 12.0 Å². The fraction of sp³-hybridized carbons (Fsp3) is 0.952. The molecule has 0 aromatic rings. The quantitative estimate of drug-likeness (QED) is 0.689. The van der Waals surface area contributed by atoms with Crippen LogP contribution in [-0.4, -0.2) is 49.7 Å². The van der Waals surface area contributed by atoms with E-state index in [0.29, 0.717) is 13.0 Å². The molecule has 0 aromatic heterocycles. The summed E-state index contributed by atoms with van der Waals surface area (Å²) in [6, 6.07) is 0. The number of hydrogen-bond donors (Lipinski definition) is 1. The van der Waals surface area contributed by atoms with Crippen molar-refractivity contribution in [2.75, 3.05) is 32.8 Å². The first kappa shape index (κ1) is 19.2. The third kappa shape index (κ3) is 6.90. The van der Waals surface area contributed by atoms with Crippen LogP contribution < -0.4 is 5.32 Å². The number of carbonyl (C=O) groups is 1. The third-order valence-electron chi connectivity index (χ3n) is 6.60. The molecule has 1 aliphatic carbocycles. The molecular weight excluding hydrogens is 312 g/mol. The highest BCUT2D eigenvalue weighted by atomic mass is 16.5. The van der Waals surface area contributed by atoms with Crippen LogP contribution in [0, 0.1) is 11.8 Å². The summed E-state index contributed by atoms with van der Waals surface area (Å²) in [6.45, 7) is 5.35. The van der Waals surface area contributed by atoms with E-state index in [2.05, 4.69) is 10.2 Å². The Labute approximate surface area is 154 Å². The second kappa shape index (κ2) is 10.5. The molecule has 3 rings (SSSR count). The van der Waals surface area contributed by atoms with Crippen molar-refractivity contribution in [1.29, 1.82) is 0 Å². The largest absolute Gasteiger partial charge is 0.376 e. The predicted molar refractivity (Wildman–Crippen MR) is 102 cm³/mol.